The van der Waals surface area contributed by atoms with Crippen LogP contribution in [0, 0.1) is 18.3 Å². The minimum absolute atomic E-state index is 0.537. The van der Waals surface area contributed by atoms with Crippen molar-refractivity contribution in [3.8, 4) is 6.07 Å². The van der Waals surface area contributed by atoms with E-state index in [9.17, 15) is 0 Å². The predicted molar refractivity (Wildman–Crippen MR) is 93.9 cm³/mol. The van der Waals surface area contributed by atoms with Crippen LogP contribution in [0.5, 0.6) is 0 Å². The number of aryl methyl sites for hydroxylation is 2. The van der Waals surface area contributed by atoms with Crippen LogP contribution in [0.25, 0.3) is 10.9 Å². The van der Waals surface area contributed by atoms with E-state index in [0.29, 0.717) is 6.42 Å². The molecule has 0 aliphatic carbocycles. The van der Waals surface area contributed by atoms with Crippen molar-refractivity contribution < 1.29 is 0 Å². The van der Waals surface area contributed by atoms with Gasteiger partial charge in [0.05, 0.1) is 12.5 Å². The molecule has 0 amide bonds. The Morgan fingerprint density at radius 1 is 1.04 bits per heavy atom. The summed E-state index contributed by atoms with van der Waals surface area (Å²) in [6.45, 7) is 4.54. The van der Waals surface area contributed by atoms with Gasteiger partial charge in [0.2, 0.25) is 0 Å². The zero-order valence-corrected chi connectivity index (χ0v) is 13.4. The van der Waals surface area contributed by atoms with Gasteiger partial charge in [-0.15, -0.1) is 0 Å². The topological polar surface area (TPSA) is 40.8 Å². The van der Waals surface area contributed by atoms with Crippen LogP contribution >= 0.6 is 0 Å². The SMILES string of the molecule is Cc1ccc(CNCc2cn(CCC#N)c3ccccc23)cc1. The molecule has 1 heterocycles. The zero-order chi connectivity index (χ0) is 16.1. The maximum absolute atomic E-state index is 8.82. The van der Waals surface area contributed by atoms with Gasteiger partial charge in [-0.2, -0.15) is 5.26 Å². The maximum Gasteiger partial charge on any atom is 0.0640 e. The number of nitrogens with one attached hydrogen (secondary N) is 1. The average Bonchev–Trinajstić information content (AvgIpc) is 2.93. The van der Waals surface area contributed by atoms with Crippen molar-refractivity contribution in [2.75, 3.05) is 0 Å². The fourth-order valence-electron chi connectivity index (χ4n) is 2.87. The zero-order valence-electron chi connectivity index (χ0n) is 13.4. The Hall–Kier alpha value is -2.57. The van der Waals surface area contributed by atoms with E-state index in [1.165, 1.54) is 27.6 Å². The minimum atomic E-state index is 0.537. The molecule has 0 atom stereocenters. The largest absolute Gasteiger partial charge is 0.346 e. The Labute approximate surface area is 137 Å². The third-order valence-electron chi connectivity index (χ3n) is 4.10. The van der Waals surface area contributed by atoms with Gasteiger partial charge >= 0.3 is 0 Å². The maximum atomic E-state index is 8.82. The van der Waals surface area contributed by atoms with Gasteiger partial charge in [0.25, 0.3) is 0 Å². The molecule has 3 nitrogen and oxygen atoms in total. The summed E-state index contributed by atoms with van der Waals surface area (Å²) in [5.41, 5.74) is 5.07. The van der Waals surface area contributed by atoms with Crippen LogP contribution in [-0.2, 0) is 19.6 Å². The fourth-order valence-corrected chi connectivity index (χ4v) is 2.87. The molecule has 116 valence electrons. The molecule has 3 heteroatoms. The molecule has 0 saturated carbocycles. The van der Waals surface area contributed by atoms with Gasteiger partial charge in [0, 0.05) is 36.7 Å². The van der Waals surface area contributed by atoms with Gasteiger partial charge in [0.15, 0.2) is 0 Å². The summed E-state index contributed by atoms with van der Waals surface area (Å²) in [5, 5.41) is 13.6. The third-order valence-corrected chi connectivity index (χ3v) is 4.10. The third kappa shape index (κ3) is 3.61. The van der Waals surface area contributed by atoms with Crippen LogP contribution in [0.1, 0.15) is 23.1 Å². The van der Waals surface area contributed by atoms with Crippen molar-refractivity contribution in [3.05, 3.63) is 71.4 Å². The normalized spacial score (nSPS) is 10.8. The molecule has 1 aromatic heterocycles. The Bertz CT molecular complexity index is 822. The lowest BCUT2D eigenvalue weighted by Crippen LogP contribution is -2.12. The first-order chi connectivity index (χ1) is 11.3. The molecule has 0 bridgehead atoms. The molecule has 0 aliphatic heterocycles. The van der Waals surface area contributed by atoms with Gasteiger partial charge in [0.1, 0.15) is 0 Å². The first-order valence-corrected chi connectivity index (χ1v) is 7.98. The summed E-state index contributed by atoms with van der Waals surface area (Å²) >= 11 is 0. The van der Waals surface area contributed by atoms with E-state index in [0.717, 1.165) is 19.6 Å². The van der Waals surface area contributed by atoms with E-state index >= 15 is 0 Å². The minimum Gasteiger partial charge on any atom is -0.346 e. The lowest BCUT2D eigenvalue weighted by molar-refractivity contribution is 0.687. The number of hydrogen-bond donors (Lipinski definition) is 1. The smallest absolute Gasteiger partial charge is 0.0640 e. The number of aromatic nitrogens is 1. The summed E-state index contributed by atoms with van der Waals surface area (Å²) in [7, 11) is 0. The molecule has 23 heavy (non-hydrogen) atoms. The second kappa shape index (κ2) is 7.13. The molecule has 2 aromatic carbocycles. The van der Waals surface area contributed by atoms with Crippen molar-refractivity contribution in [1.29, 1.82) is 5.26 Å². The highest BCUT2D eigenvalue weighted by Crippen LogP contribution is 2.21. The number of benzene rings is 2. The van der Waals surface area contributed by atoms with Crippen molar-refractivity contribution in [3.63, 3.8) is 0 Å². The summed E-state index contributed by atoms with van der Waals surface area (Å²) in [4.78, 5) is 0. The fraction of sp³-hybridized carbons (Fsp3) is 0.250. The first kappa shape index (κ1) is 15.3. The van der Waals surface area contributed by atoms with Crippen molar-refractivity contribution in [1.82, 2.24) is 9.88 Å². The van der Waals surface area contributed by atoms with Gasteiger partial charge < -0.3 is 9.88 Å². The molecule has 0 aliphatic rings. The van der Waals surface area contributed by atoms with Crippen LogP contribution in [0.15, 0.2) is 54.7 Å². The van der Waals surface area contributed by atoms with E-state index in [1.54, 1.807) is 0 Å². The van der Waals surface area contributed by atoms with E-state index < -0.39 is 0 Å². The highest BCUT2D eigenvalue weighted by molar-refractivity contribution is 5.83. The van der Waals surface area contributed by atoms with Gasteiger partial charge in [-0.3, -0.25) is 0 Å². The van der Waals surface area contributed by atoms with Gasteiger partial charge in [-0.05, 0) is 24.1 Å². The molecular weight excluding hydrogens is 282 g/mol. The Morgan fingerprint density at radius 3 is 2.61 bits per heavy atom. The summed E-state index contributed by atoms with van der Waals surface area (Å²) in [6.07, 6.45) is 2.71. The van der Waals surface area contributed by atoms with Crippen LogP contribution < -0.4 is 5.32 Å². The highest BCUT2D eigenvalue weighted by atomic mass is 15.0. The number of fused-ring (bicyclic) bond motifs is 1. The standard InChI is InChI=1S/C20H21N3/c1-16-7-9-17(10-8-16)13-22-14-18-15-23(12-4-11-21)20-6-3-2-5-19(18)20/h2-3,5-10,15,22H,4,12-14H2,1H3. The van der Waals surface area contributed by atoms with Crippen molar-refractivity contribution >= 4 is 10.9 Å². The molecule has 0 unspecified atom stereocenters. The van der Waals surface area contributed by atoms with Gasteiger partial charge in [-0.25, -0.2) is 0 Å². The number of hydrogen-bond acceptors (Lipinski definition) is 2. The van der Waals surface area contributed by atoms with E-state index in [1.807, 2.05) is 0 Å². The summed E-state index contributed by atoms with van der Waals surface area (Å²) in [6, 6.07) is 19.2. The molecule has 0 saturated heterocycles. The van der Waals surface area contributed by atoms with Crippen molar-refractivity contribution in [2.45, 2.75) is 33.0 Å². The number of nitriles is 1. The Morgan fingerprint density at radius 2 is 1.83 bits per heavy atom. The summed E-state index contributed by atoms with van der Waals surface area (Å²) in [5.74, 6) is 0. The Balaban J connectivity index is 1.72. The number of rotatable bonds is 6. The molecule has 0 fully saturated rings. The van der Waals surface area contributed by atoms with E-state index in [2.05, 4.69) is 77.6 Å². The summed E-state index contributed by atoms with van der Waals surface area (Å²) < 4.78 is 2.18. The second-order valence-electron chi connectivity index (χ2n) is 5.86. The van der Waals surface area contributed by atoms with Crippen LogP contribution in [0.4, 0.5) is 0 Å². The Kier molecular flexibility index (Phi) is 4.75. The van der Waals surface area contributed by atoms with E-state index in [-0.39, 0.29) is 0 Å². The molecule has 0 spiro atoms. The predicted octanol–water partition coefficient (Wildman–Crippen LogP) is 4.15. The van der Waals surface area contributed by atoms with E-state index in [4.69, 9.17) is 5.26 Å². The van der Waals surface area contributed by atoms with Crippen LogP contribution in [-0.4, -0.2) is 4.57 Å². The van der Waals surface area contributed by atoms with Crippen LogP contribution in [0.3, 0.4) is 0 Å². The molecule has 3 rings (SSSR count). The van der Waals surface area contributed by atoms with Gasteiger partial charge in [-0.1, -0.05) is 48.0 Å². The van der Waals surface area contributed by atoms with Crippen molar-refractivity contribution in [2.24, 2.45) is 0 Å². The molecular formula is C20H21N3. The lowest BCUT2D eigenvalue weighted by Gasteiger charge is -2.05. The number of para-hydroxylation sites is 1. The molecule has 1 N–H and O–H groups in total. The quantitative estimate of drug-likeness (QED) is 0.743. The second-order valence-corrected chi connectivity index (χ2v) is 5.86. The average molecular weight is 303 g/mol. The lowest BCUT2D eigenvalue weighted by atomic mass is 10.1. The number of nitrogens with zero attached hydrogens (tertiary/aromatic N) is 2. The molecule has 0 radical (unpaired) electrons. The molecule has 3 aromatic rings. The highest BCUT2D eigenvalue weighted by Gasteiger charge is 2.07. The van der Waals surface area contributed by atoms with Crippen LogP contribution in [0.2, 0.25) is 0 Å². The monoisotopic (exact) mass is 303 g/mol. The first-order valence-electron chi connectivity index (χ1n) is 7.98.